The number of aliphatic hydroxyl groups excluding tert-OH is 1. The standard InChI is InChI=1S/C45H48N4O6S/c1-30(51)48-36-22-24-38(25-23-36)56-29-37-26-42(33-16-14-31(28-50)15-17-33)55-45(54-37)34-20-18-32(19-21-34)39-9-3-2-8-35(39)27-47-43(52)12-6-7-13-44(53)49-41-11-5-4-10-40(41)46/h2-5,8-11,14-25,37,42,45,50H,6-7,12-13,26-29,46H2,1H3,(H,47,52)(H,48,51)(H,49,53). The highest BCUT2D eigenvalue weighted by atomic mass is 32.2. The van der Waals surface area contributed by atoms with Crippen LogP contribution in [0.4, 0.5) is 17.1 Å². The number of nitrogen functional groups attached to an aromatic ring is 1. The molecule has 11 heteroatoms. The smallest absolute Gasteiger partial charge is 0.224 e. The van der Waals surface area contributed by atoms with E-state index in [9.17, 15) is 19.5 Å². The molecule has 0 aromatic heterocycles. The second kappa shape index (κ2) is 19.9. The van der Waals surface area contributed by atoms with Gasteiger partial charge in [-0.2, -0.15) is 0 Å². The Bertz CT molecular complexity index is 2070. The van der Waals surface area contributed by atoms with E-state index in [0.717, 1.165) is 44.0 Å². The summed E-state index contributed by atoms with van der Waals surface area (Å²) in [5.74, 6) is 0.413. The fourth-order valence-electron chi connectivity index (χ4n) is 6.50. The molecule has 0 saturated carbocycles. The van der Waals surface area contributed by atoms with Crippen LogP contribution in [0.3, 0.4) is 0 Å². The summed E-state index contributed by atoms with van der Waals surface area (Å²) in [6.07, 6.45) is 1.60. The number of benzene rings is 5. The van der Waals surface area contributed by atoms with Crippen LogP contribution in [0.1, 0.15) is 73.7 Å². The van der Waals surface area contributed by atoms with Crippen LogP contribution in [0.15, 0.2) is 126 Å². The summed E-state index contributed by atoms with van der Waals surface area (Å²) in [6.45, 7) is 1.85. The molecule has 6 N–H and O–H groups in total. The van der Waals surface area contributed by atoms with Crippen molar-refractivity contribution in [2.24, 2.45) is 0 Å². The Balaban J connectivity index is 1.05. The molecule has 3 atom stereocenters. The van der Waals surface area contributed by atoms with Crippen molar-refractivity contribution in [1.29, 1.82) is 0 Å². The summed E-state index contributed by atoms with van der Waals surface area (Å²) in [5.41, 5.74) is 13.6. The molecule has 1 heterocycles. The number of aliphatic hydroxyl groups is 1. The maximum absolute atomic E-state index is 12.7. The molecule has 10 nitrogen and oxygen atoms in total. The summed E-state index contributed by atoms with van der Waals surface area (Å²) in [4.78, 5) is 37.6. The first kappa shape index (κ1) is 40.2. The molecule has 0 aliphatic carbocycles. The second-order valence-corrected chi connectivity index (χ2v) is 14.9. The minimum Gasteiger partial charge on any atom is -0.397 e. The van der Waals surface area contributed by atoms with Crippen LogP contribution in [-0.2, 0) is 37.0 Å². The summed E-state index contributed by atoms with van der Waals surface area (Å²) in [7, 11) is 0. The molecular weight excluding hydrogens is 725 g/mol. The normalized spacial score (nSPS) is 16.5. The lowest BCUT2D eigenvalue weighted by Gasteiger charge is -2.36. The van der Waals surface area contributed by atoms with Gasteiger partial charge >= 0.3 is 0 Å². The molecule has 5 aromatic rings. The third-order valence-corrected chi connectivity index (χ3v) is 10.6. The molecule has 3 unspecified atom stereocenters. The minimum absolute atomic E-state index is 0.0205. The largest absolute Gasteiger partial charge is 0.397 e. The lowest BCUT2D eigenvalue weighted by molar-refractivity contribution is -0.245. The van der Waals surface area contributed by atoms with E-state index in [4.69, 9.17) is 15.2 Å². The Morgan fingerprint density at radius 2 is 1.45 bits per heavy atom. The monoisotopic (exact) mass is 772 g/mol. The van der Waals surface area contributed by atoms with Crippen LogP contribution in [0.5, 0.6) is 0 Å². The number of nitrogens with one attached hydrogen (secondary N) is 3. The predicted octanol–water partition coefficient (Wildman–Crippen LogP) is 8.54. The van der Waals surface area contributed by atoms with E-state index >= 15 is 0 Å². The highest BCUT2D eigenvalue weighted by molar-refractivity contribution is 7.99. The van der Waals surface area contributed by atoms with Gasteiger partial charge in [0.1, 0.15) is 0 Å². The third kappa shape index (κ3) is 11.5. The highest BCUT2D eigenvalue weighted by Crippen LogP contribution is 2.40. The van der Waals surface area contributed by atoms with E-state index in [1.807, 2.05) is 97.1 Å². The van der Waals surface area contributed by atoms with Gasteiger partial charge in [-0.05, 0) is 77.1 Å². The molecule has 1 aliphatic heterocycles. The Hall–Kier alpha value is -5.46. The van der Waals surface area contributed by atoms with Gasteiger partial charge in [-0.25, -0.2) is 0 Å². The van der Waals surface area contributed by atoms with Crippen molar-refractivity contribution in [2.75, 3.05) is 22.1 Å². The van der Waals surface area contributed by atoms with Crippen molar-refractivity contribution in [2.45, 2.75) is 75.6 Å². The summed E-state index contributed by atoms with van der Waals surface area (Å²) in [5, 5.41) is 18.2. The van der Waals surface area contributed by atoms with Gasteiger partial charge in [0.05, 0.1) is 30.2 Å². The Labute approximate surface area is 332 Å². The van der Waals surface area contributed by atoms with Crippen molar-refractivity contribution < 1.29 is 29.0 Å². The number of ether oxygens (including phenoxy) is 2. The molecule has 0 spiro atoms. The number of hydrogen-bond acceptors (Lipinski definition) is 8. The Morgan fingerprint density at radius 3 is 2.16 bits per heavy atom. The van der Waals surface area contributed by atoms with E-state index in [0.29, 0.717) is 55.8 Å². The maximum Gasteiger partial charge on any atom is 0.224 e. The number of carbonyl (C=O) groups excluding carboxylic acids is 3. The van der Waals surface area contributed by atoms with Crippen molar-refractivity contribution in [1.82, 2.24) is 5.32 Å². The molecule has 56 heavy (non-hydrogen) atoms. The fraction of sp³-hybridized carbons (Fsp3) is 0.267. The van der Waals surface area contributed by atoms with Gasteiger partial charge in [-0.3, -0.25) is 14.4 Å². The molecule has 3 amide bonds. The van der Waals surface area contributed by atoms with Gasteiger partial charge < -0.3 is 36.3 Å². The second-order valence-electron chi connectivity index (χ2n) is 13.8. The average molecular weight is 773 g/mol. The van der Waals surface area contributed by atoms with Gasteiger partial charge in [0.25, 0.3) is 0 Å². The van der Waals surface area contributed by atoms with E-state index in [1.54, 1.807) is 23.9 Å². The lowest BCUT2D eigenvalue weighted by atomic mass is 9.97. The van der Waals surface area contributed by atoms with Crippen molar-refractivity contribution in [3.63, 3.8) is 0 Å². The maximum atomic E-state index is 12.7. The molecule has 1 saturated heterocycles. The quantitative estimate of drug-likeness (QED) is 0.0380. The zero-order chi connectivity index (χ0) is 39.3. The fourth-order valence-corrected chi connectivity index (χ4v) is 7.42. The van der Waals surface area contributed by atoms with Crippen LogP contribution < -0.4 is 21.7 Å². The van der Waals surface area contributed by atoms with Crippen LogP contribution in [0, 0.1) is 0 Å². The van der Waals surface area contributed by atoms with Crippen LogP contribution in [0.2, 0.25) is 0 Å². The van der Waals surface area contributed by atoms with Gasteiger partial charge in [-0.1, -0.05) is 84.9 Å². The van der Waals surface area contributed by atoms with Crippen molar-refractivity contribution >= 4 is 46.5 Å². The minimum atomic E-state index is -0.592. The zero-order valence-electron chi connectivity index (χ0n) is 31.4. The molecule has 5 aromatic carbocycles. The van der Waals surface area contributed by atoms with E-state index in [1.165, 1.54) is 6.92 Å². The number of para-hydroxylation sites is 2. The topological polar surface area (TPSA) is 152 Å². The molecule has 0 bridgehead atoms. The number of rotatable bonds is 16. The van der Waals surface area contributed by atoms with Crippen molar-refractivity contribution in [3.05, 3.63) is 144 Å². The average Bonchev–Trinajstić information content (AvgIpc) is 3.22. The summed E-state index contributed by atoms with van der Waals surface area (Å²) < 4.78 is 13.1. The third-order valence-electron chi connectivity index (χ3n) is 9.51. The number of carbonyl (C=O) groups is 3. The first-order valence-electron chi connectivity index (χ1n) is 18.8. The Kier molecular flexibility index (Phi) is 14.3. The lowest BCUT2D eigenvalue weighted by Crippen LogP contribution is -2.31. The number of thioether (sulfide) groups is 1. The molecule has 6 rings (SSSR count). The van der Waals surface area contributed by atoms with E-state index in [2.05, 4.69) is 28.1 Å². The number of unbranched alkanes of at least 4 members (excludes halogenated alkanes) is 1. The Morgan fingerprint density at radius 1 is 0.768 bits per heavy atom. The van der Waals surface area contributed by atoms with Gasteiger partial charge in [-0.15, -0.1) is 11.8 Å². The van der Waals surface area contributed by atoms with Gasteiger partial charge in [0.15, 0.2) is 6.29 Å². The number of hydrogen-bond donors (Lipinski definition) is 5. The van der Waals surface area contributed by atoms with E-state index in [-0.39, 0.29) is 36.5 Å². The molecular formula is C45H48N4O6S. The number of amides is 3. The van der Waals surface area contributed by atoms with Crippen molar-refractivity contribution in [3.8, 4) is 11.1 Å². The number of nitrogens with two attached hydrogens (primary N) is 1. The first-order valence-corrected chi connectivity index (χ1v) is 19.8. The predicted molar refractivity (Wildman–Crippen MR) is 222 cm³/mol. The molecule has 0 radical (unpaired) electrons. The van der Waals surface area contributed by atoms with Crippen LogP contribution in [-0.4, -0.2) is 34.7 Å². The van der Waals surface area contributed by atoms with Crippen LogP contribution in [0.25, 0.3) is 11.1 Å². The van der Waals surface area contributed by atoms with E-state index < -0.39 is 6.29 Å². The number of anilines is 3. The molecule has 1 aliphatic rings. The van der Waals surface area contributed by atoms with Crippen LogP contribution >= 0.6 is 11.8 Å². The first-order chi connectivity index (χ1) is 27.2. The summed E-state index contributed by atoms with van der Waals surface area (Å²) in [6, 6.07) is 38.9. The zero-order valence-corrected chi connectivity index (χ0v) is 32.2. The molecule has 1 fully saturated rings. The van der Waals surface area contributed by atoms with Gasteiger partial charge in [0, 0.05) is 54.6 Å². The summed E-state index contributed by atoms with van der Waals surface area (Å²) >= 11 is 1.69. The van der Waals surface area contributed by atoms with Gasteiger partial charge in [0.2, 0.25) is 17.7 Å². The highest BCUT2D eigenvalue weighted by Gasteiger charge is 2.32. The SMILES string of the molecule is CC(=O)Nc1ccc(SCC2CC(c3ccc(CO)cc3)OC(c3ccc(-c4ccccc4CNC(=O)CCCCC(=O)Nc4ccccc4N)cc3)O2)cc1. The molecule has 290 valence electrons.